The van der Waals surface area contributed by atoms with Crippen LogP contribution in [0.5, 0.6) is 0 Å². The zero-order valence-electron chi connectivity index (χ0n) is 14.7. The van der Waals surface area contributed by atoms with E-state index in [2.05, 4.69) is 6.92 Å². The Bertz CT molecular complexity index is 333. The third kappa shape index (κ3) is 15.8. The Hall–Kier alpha value is 0.870. The second-order valence-electron chi connectivity index (χ2n) is 6.15. The van der Waals surface area contributed by atoms with Crippen molar-refractivity contribution in [3.8, 4) is 0 Å². The van der Waals surface area contributed by atoms with Crippen LogP contribution in [0.2, 0.25) is 0 Å². The van der Waals surface area contributed by atoms with Gasteiger partial charge in [-0.05, 0) is 26.2 Å². The summed E-state index contributed by atoms with van der Waals surface area (Å²) in [6.07, 6.45) is 11.8. The molecule has 0 aliphatic rings. The van der Waals surface area contributed by atoms with Gasteiger partial charge in [0.2, 0.25) is 0 Å². The van der Waals surface area contributed by atoms with Crippen molar-refractivity contribution in [2.45, 2.75) is 102 Å². The Labute approximate surface area is 159 Å². The van der Waals surface area contributed by atoms with Gasteiger partial charge in [-0.1, -0.05) is 64.7 Å². The average Bonchev–Trinajstić information content (AvgIpc) is 2.41. The van der Waals surface area contributed by atoms with Gasteiger partial charge in [0.1, 0.15) is 0 Å². The van der Waals surface area contributed by atoms with Crippen molar-refractivity contribution in [3.63, 3.8) is 0 Å². The monoisotopic (exact) mass is 344 g/mol. The molecule has 0 saturated heterocycles. The second-order valence-corrected chi connectivity index (χ2v) is 7.94. The first kappa shape index (κ1) is 25.1. The van der Waals surface area contributed by atoms with Gasteiger partial charge in [0.15, 0.2) is 0 Å². The van der Waals surface area contributed by atoms with Gasteiger partial charge in [0, 0.05) is 5.25 Å². The van der Waals surface area contributed by atoms with Gasteiger partial charge < -0.3 is 9.66 Å². The first-order valence-corrected chi connectivity index (χ1v) is 9.97. The third-order valence-electron chi connectivity index (χ3n) is 4.03. The summed E-state index contributed by atoms with van der Waals surface area (Å²) >= 11 is 0. The molecule has 0 bridgehead atoms. The summed E-state index contributed by atoms with van der Waals surface area (Å²) in [5.74, 6) is 0. The largest absolute Gasteiger partial charge is 1.00 e. The van der Waals surface area contributed by atoms with Crippen molar-refractivity contribution < 1.29 is 47.6 Å². The molecule has 2 atom stereocenters. The predicted molar refractivity (Wildman–Crippen MR) is 86.2 cm³/mol. The van der Waals surface area contributed by atoms with E-state index in [1.165, 1.54) is 32.6 Å². The summed E-state index contributed by atoms with van der Waals surface area (Å²) in [4.78, 5) is 0. The van der Waals surface area contributed by atoms with Gasteiger partial charge in [-0.15, -0.1) is 0 Å². The Morgan fingerprint density at radius 3 is 1.68 bits per heavy atom. The van der Waals surface area contributed by atoms with Crippen LogP contribution >= 0.6 is 0 Å². The Morgan fingerprint density at radius 2 is 1.27 bits per heavy atom. The van der Waals surface area contributed by atoms with E-state index in [1.54, 1.807) is 0 Å². The van der Waals surface area contributed by atoms with Gasteiger partial charge in [-0.25, -0.2) is 8.42 Å². The third-order valence-corrected chi connectivity index (χ3v) is 5.25. The minimum absolute atomic E-state index is 0. The van der Waals surface area contributed by atoms with Crippen molar-refractivity contribution in [3.05, 3.63) is 0 Å². The Balaban J connectivity index is 0. The molecule has 0 aliphatic heterocycles. The molecule has 6 heteroatoms. The topological polar surface area (TPSA) is 77.4 Å². The fraction of sp³-hybridized carbons (Fsp3) is 1.00. The summed E-state index contributed by atoms with van der Waals surface area (Å²) in [7, 11) is -4.12. The molecule has 0 spiro atoms. The maximum absolute atomic E-state index is 10.7. The summed E-state index contributed by atoms with van der Waals surface area (Å²) in [6.45, 7) is 3.67. The molecule has 0 rings (SSSR count). The fourth-order valence-electron chi connectivity index (χ4n) is 2.44. The molecular weight excluding hydrogens is 311 g/mol. The van der Waals surface area contributed by atoms with Crippen LogP contribution in [0.15, 0.2) is 0 Å². The second kappa shape index (κ2) is 15.4. The summed E-state index contributed by atoms with van der Waals surface area (Å²) in [6, 6.07) is 0. The summed E-state index contributed by atoms with van der Waals surface area (Å²) in [5, 5.41) is 9.06. The van der Waals surface area contributed by atoms with E-state index in [0.717, 1.165) is 44.9 Å². The standard InChI is InChI=1S/C16H34O4S.Na/c1-3-4-5-6-10-13-16(17)14-11-8-7-9-12-15(2)21(18,19)20;/h15-17H,3-14H2,1-2H3,(H,18,19,20);/q;+1/p-1. The van der Waals surface area contributed by atoms with Gasteiger partial charge in [0.25, 0.3) is 0 Å². The Morgan fingerprint density at radius 1 is 0.864 bits per heavy atom. The van der Waals surface area contributed by atoms with E-state index in [-0.39, 0.29) is 35.7 Å². The van der Waals surface area contributed by atoms with E-state index in [4.69, 9.17) is 0 Å². The van der Waals surface area contributed by atoms with Crippen LogP contribution in [0.1, 0.15) is 90.9 Å². The maximum Gasteiger partial charge on any atom is 1.00 e. The van der Waals surface area contributed by atoms with Crippen molar-refractivity contribution in [2.24, 2.45) is 0 Å². The van der Waals surface area contributed by atoms with Crippen molar-refractivity contribution in [1.82, 2.24) is 0 Å². The van der Waals surface area contributed by atoms with Crippen LogP contribution in [-0.4, -0.2) is 29.4 Å². The molecule has 0 aromatic rings. The van der Waals surface area contributed by atoms with Crippen LogP contribution < -0.4 is 29.6 Å². The van der Waals surface area contributed by atoms with E-state index >= 15 is 0 Å². The predicted octanol–water partition coefficient (Wildman–Crippen LogP) is 0.986. The zero-order valence-corrected chi connectivity index (χ0v) is 17.5. The van der Waals surface area contributed by atoms with E-state index in [0.29, 0.717) is 6.42 Å². The zero-order chi connectivity index (χ0) is 16.1. The van der Waals surface area contributed by atoms with Crippen molar-refractivity contribution in [2.75, 3.05) is 0 Å². The summed E-state index contributed by atoms with van der Waals surface area (Å²) < 4.78 is 32.2. The molecule has 0 fully saturated rings. The van der Waals surface area contributed by atoms with Crippen LogP contribution in [0.3, 0.4) is 0 Å². The number of hydrogen-bond acceptors (Lipinski definition) is 4. The van der Waals surface area contributed by atoms with E-state index in [9.17, 15) is 18.1 Å². The maximum atomic E-state index is 10.7. The van der Waals surface area contributed by atoms with Crippen LogP contribution in [0.4, 0.5) is 0 Å². The van der Waals surface area contributed by atoms with Crippen LogP contribution in [0.25, 0.3) is 0 Å². The average molecular weight is 344 g/mol. The molecule has 0 aromatic carbocycles. The molecule has 4 nitrogen and oxygen atoms in total. The van der Waals surface area contributed by atoms with Crippen LogP contribution in [0, 0.1) is 0 Å². The molecular formula is C16H33NaO4S. The number of hydrogen-bond donors (Lipinski definition) is 1. The van der Waals surface area contributed by atoms with Gasteiger partial charge in [-0.3, -0.25) is 0 Å². The molecule has 0 heterocycles. The minimum atomic E-state index is -4.12. The molecule has 0 aromatic heterocycles. The smallest absolute Gasteiger partial charge is 0.748 e. The van der Waals surface area contributed by atoms with Crippen molar-refractivity contribution >= 4 is 10.1 Å². The first-order valence-electron chi connectivity index (χ1n) is 8.50. The van der Waals surface area contributed by atoms with E-state index in [1.807, 2.05) is 0 Å². The van der Waals surface area contributed by atoms with Crippen LogP contribution in [-0.2, 0) is 10.1 Å². The minimum Gasteiger partial charge on any atom is -0.748 e. The molecule has 22 heavy (non-hydrogen) atoms. The Kier molecular flexibility index (Phi) is 17.6. The normalized spacial score (nSPS) is 14.4. The number of aliphatic hydroxyl groups excluding tert-OH is 1. The summed E-state index contributed by atoms with van der Waals surface area (Å²) in [5.41, 5.74) is 0. The fourth-order valence-corrected chi connectivity index (χ4v) is 2.89. The number of rotatable bonds is 14. The number of unbranched alkanes of at least 4 members (excludes halogenated alkanes) is 7. The molecule has 1 N–H and O–H groups in total. The molecule has 0 aliphatic carbocycles. The molecule has 0 radical (unpaired) electrons. The molecule has 0 amide bonds. The van der Waals surface area contributed by atoms with Gasteiger partial charge >= 0.3 is 29.6 Å². The quantitative estimate of drug-likeness (QED) is 0.290. The van der Waals surface area contributed by atoms with Gasteiger partial charge in [0.05, 0.1) is 16.2 Å². The number of aliphatic hydroxyl groups is 1. The molecule has 2 unspecified atom stereocenters. The molecule has 0 saturated carbocycles. The van der Waals surface area contributed by atoms with Gasteiger partial charge in [-0.2, -0.15) is 0 Å². The molecule has 128 valence electrons. The SMILES string of the molecule is CCCCCCCC(O)CCCCCCC(C)S(=O)(=O)[O-].[Na+]. The first-order chi connectivity index (χ1) is 9.88. The van der Waals surface area contributed by atoms with Crippen molar-refractivity contribution in [1.29, 1.82) is 0 Å². The van der Waals surface area contributed by atoms with E-state index < -0.39 is 15.4 Å².